The van der Waals surface area contributed by atoms with Gasteiger partial charge in [-0.3, -0.25) is 9.59 Å². The third-order valence-electron chi connectivity index (χ3n) is 5.54. The molecule has 30 heavy (non-hydrogen) atoms. The maximum atomic E-state index is 11.0. The lowest BCUT2D eigenvalue weighted by Gasteiger charge is -2.08. The number of carboxylic acid groups (broad SMARTS) is 1. The number of carbonyl (C=O) groups is 2. The number of carbonyl (C=O) groups excluding carboxylic acids is 1. The van der Waals surface area contributed by atoms with Crippen molar-refractivity contribution < 1.29 is 19.4 Å². The van der Waals surface area contributed by atoms with Crippen molar-refractivity contribution in [3.05, 3.63) is 0 Å². The van der Waals surface area contributed by atoms with Crippen molar-refractivity contribution >= 4 is 11.9 Å². The van der Waals surface area contributed by atoms with Gasteiger partial charge in [-0.1, -0.05) is 111 Å². The summed E-state index contributed by atoms with van der Waals surface area (Å²) < 4.78 is 4.86. The monoisotopic (exact) mass is 428 g/mol. The molecule has 0 radical (unpaired) electrons. The highest BCUT2D eigenvalue weighted by atomic mass is 16.5. The molecule has 0 aliphatic heterocycles. The fourth-order valence-corrected chi connectivity index (χ4v) is 3.49. The molecule has 0 saturated carbocycles. The van der Waals surface area contributed by atoms with Gasteiger partial charge in [0.05, 0.1) is 12.5 Å². The Morgan fingerprint density at radius 1 is 0.667 bits per heavy atom. The number of hydrogen-bond donors (Lipinski definition) is 1. The number of aliphatic carboxylic acids is 1. The van der Waals surface area contributed by atoms with Crippen molar-refractivity contribution in [2.24, 2.45) is 5.92 Å². The van der Waals surface area contributed by atoms with Crippen molar-refractivity contribution in [3.63, 3.8) is 0 Å². The molecule has 0 spiro atoms. The Kier molecular flexibility index (Phi) is 27.0. The van der Waals surface area contributed by atoms with Crippen molar-refractivity contribution in [2.75, 3.05) is 6.61 Å². The largest absolute Gasteiger partial charge is 0.481 e. The molecule has 4 nitrogen and oxygen atoms in total. The van der Waals surface area contributed by atoms with Gasteiger partial charge in [-0.05, 0) is 26.2 Å². The summed E-state index contributed by atoms with van der Waals surface area (Å²) in [4.78, 5) is 21.7. The highest BCUT2D eigenvalue weighted by molar-refractivity contribution is 5.69. The van der Waals surface area contributed by atoms with E-state index in [0.717, 1.165) is 25.7 Å². The minimum atomic E-state index is -0.622. The molecule has 0 aromatic heterocycles. The molecule has 0 aliphatic rings. The normalized spacial score (nSPS) is 11.5. The summed E-state index contributed by atoms with van der Waals surface area (Å²) in [5.74, 6) is -0.771. The van der Waals surface area contributed by atoms with Crippen LogP contribution in [0, 0.1) is 5.92 Å². The van der Waals surface area contributed by atoms with Crippen LogP contribution >= 0.6 is 0 Å². The first-order valence-corrected chi connectivity index (χ1v) is 12.9. The first-order chi connectivity index (χ1) is 14.5. The summed E-state index contributed by atoms with van der Waals surface area (Å²) in [6, 6.07) is 0. The zero-order valence-corrected chi connectivity index (χ0v) is 20.7. The van der Waals surface area contributed by atoms with E-state index in [1.165, 1.54) is 83.5 Å². The van der Waals surface area contributed by atoms with Gasteiger partial charge in [0, 0.05) is 6.42 Å². The van der Waals surface area contributed by atoms with Gasteiger partial charge < -0.3 is 9.84 Å². The lowest BCUT2D eigenvalue weighted by Crippen LogP contribution is -2.12. The maximum absolute atomic E-state index is 11.0. The van der Waals surface area contributed by atoms with Crippen LogP contribution in [0.15, 0.2) is 0 Å². The molecule has 0 amide bonds. The molecule has 1 N–H and O–H groups in total. The second kappa shape index (κ2) is 26.0. The third kappa shape index (κ3) is 25.0. The van der Waals surface area contributed by atoms with E-state index in [2.05, 4.69) is 13.8 Å². The van der Waals surface area contributed by atoms with Crippen LogP contribution in [0.3, 0.4) is 0 Å². The summed E-state index contributed by atoms with van der Waals surface area (Å²) in [5, 5.41) is 8.85. The predicted octanol–water partition coefficient (Wildman–Crippen LogP) is 8.32. The van der Waals surface area contributed by atoms with Gasteiger partial charge in [0.2, 0.25) is 0 Å². The Morgan fingerprint density at radius 3 is 1.50 bits per heavy atom. The fraction of sp³-hybridized carbons (Fsp3) is 0.923. The van der Waals surface area contributed by atoms with Gasteiger partial charge in [0.25, 0.3) is 0 Å². The van der Waals surface area contributed by atoms with E-state index in [1.54, 1.807) is 0 Å². The van der Waals surface area contributed by atoms with Crippen LogP contribution in [0.1, 0.15) is 143 Å². The smallest absolute Gasteiger partial charge is 0.306 e. The molecule has 0 bridgehead atoms. The fourth-order valence-electron chi connectivity index (χ4n) is 3.49. The molecule has 0 fully saturated rings. The number of esters is 1. The molecule has 0 rings (SSSR count). The first kappa shape index (κ1) is 31.1. The summed E-state index contributed by atoms with van der Waals surface area (Å²) >= 11 is 0. The minimum absolute atomic E-state index is 0.0384. The van der Waals surface area contributed by atoms with E-state index >= 15 is 0 Å². The highest BCUT2D eigenvalue weighted by Gasteiger charge is 2.13. The van der Waals surface area contributed by atoms with E-state index in [9.17, 15) is 9.59 Å². The van der Waals surface area contributed by atoms with Crippen molar-refractivity contribution in [1.82, 2.24) is 0 Å². The lowest BCUT2D eigenvalue weighted by atomic mass is 9.98. The van der Waals surface area contributed by atoms with Gasteiger partial charge in [-0.25, -0.2) is 0 Å². The van der Waals surface area contributed by atoms with Crippen LogP contribution in [0.25, 0.3) is 0 Å². The van der Waals surface area contributed by atoms with Gasteiger partial charge in [0.1, 0.15) is 0 Å². The first-order valence-electron chi connectivity index (χ1n) is 12.9. The predicted molar refractivity (Wildman–Crippen MR) is 128 cm³/mol. The van der Waals surface area contributed by atoms with Gasteiger partial charge >= 0.3 is 11.9 Å². The average molecular weight is 429 g/mol. The Hall–Kier alpha value is -1.06. The van der Waals surface area contributed by atoms with Crippen LogP contribution in [0.4, 0.5) is 0 Å². The topological polar surface area (TPSA) is 63.6 Å². The van der Waals surface area contributed by atoms with Crippen LogP contribution in [-0.2, 0) is 14.3 Å². The Morgan fingerprint density at radius 2 is 1.10 bits per heavy atom. The summed E-state index contributed by atoms with van der Waals surface area (Å²) in [7, 11) is 0. The van der Waals surface area contributed by atoms with Crippen LogP contribution in [0.2, 0.25) is 0 Å². The van der Waals surface area contributed by atoms with Gasteiger partial charge in [-0.15, -0.1) is 0 Å². The van der Waals surface area contributed by atoms with E-state index in [-0.39, 0.29) is 11.9 Å². The van der Waals surface area contributed by atoms with E-state index in [1.807, 2.05) is 13.8 Å². The van der Waals surface area contributed by atoms with Crippen molar-refractivity contribution in [2.45, 2.75) is 143 Å². The SMILES string of the molecule is CCCCCCCCCC(CC)C(=O)O.CCCCCCCCCCC(=O)OCC. The molecule has 180 valence electrons. The summed E-state index contributed by atoms with van der Waals surface area (Å²) in [5.41, 5.74) is 0. The van der Waals surface area contributed by atoms with Crippen LogP contribution < -0.4 is 0 Å². The van der Waals surface area contributed by atoms with Crippen LogP contribution in [-0.4, -0.2) is 23.7 Å². The van der Waals surface area contributed by atoms with E-state index < -0.39 is 5.97 Å². The summed E-state index contributed by atoms with van der Waals surface area (Å²) in [6.07, 6.45) is 21.2. The molecular weight excluding hydrogens is 376 g/mol. The van der Waals surface area contributed by atoms with E-state index in [0.29, 0.717) is 13.0 Å². The quantitative estimate of drug-likeness (QED) is 0.156. The van der Waals surface area contributed by atoms with Crippen LogP contribution in [0.5, 0.6) is 0 Å². The second-order valence-corrected chi connectivity index (χ2v) is 8.38. The number of rotatable bonds is 20. The zero-order chi connectivity index (χ0) is 22.9. The molecule has 0 aliphatic carbocycles. The number of hydrogen-bond acceptors (Lipinski definition) is 3. The Balaban J connectivity index is 0. The number of ether oxygens (including phenoxy) is 1. The molecule has 1 atom stereocenters. The molecule has 0 aromatic carbocycles. The van der Waals surface area contributed by atoms with E-state index in [4.69, 9.17) is 9.84 Å². The molecule has 0 saturated heterocycles. The molecule has 4 heteroatoms. The lowest BCUT2D eigenvalue weighted by molar-refractivity contribution is -0.143. The van der Waals surface area contributed by atoms with Crippen molar-refractivity contribution in [1.29, 1.82) is 0 Å². The minimum Gasteiger partial charge on any atom is -0.481 e. The van der Waals surface area contributed by atoms with Gasteiger partial charge in [-0.2, -0.15) is 0 Å². The second-order valence-electron chi connectivity index (χ2n) is 8.38. The maximum Gasteiger partial charge on any atom is 0.306 e. The van der Waals surface area contributed by atoms with Gasteiger partial charge in [0.15, 0.2) is 0 Å². The Labute approximate surface area is 187 Å². The Bertz CT molecular complexity index is 366. The standard InChI is InChI=1S/2C13H26O2/c1-3-5-6-7-8-9-10-11-12-13(14)15-4-2;1-3-5-6-7-8-9-10-11-12(4-2)13(14)15/h3-12H2,1-2H3;12H,3-11H2,1-2H3,(H,14,15). The summed E-state index contributed by atoms with van der Waals surface area (Å²) in [6.45, 7) is 8.78. The number of carboxylic acids is 1. The highest BCUT2D eigenvalue weighted by Crippen LogP contribution is 2.15. The zero-order valence-electron chi connectivity index (χ0n) is 20.7. The third-order valence-corrected chi connectivity index (χ3v) is 5.54. The molecule has 0 aromatic rings. The average Bonchev–Trinajstić information content (AvgIpc) is 2.72. The van der Waals surface area contributed by atoms with Crippen molar-refractivity contribution in [3.8, 4) is 0 Å². The molecular formula is C26H52O4. The molecule has 1 unspecified atom stereocenters. The molecule has 0 heterocycles. The number of unbranched alkanes of at least 4 members (excludes halogenated alkanes) is 13.